The Morgan fingerprint density at radius 2 is 1.15 bits per heavy atom. The lowest BCUT2D eigenvalue weighted by Crippen LogP contribution is -1.91. The van der Waals surface area contributed by atoms with E-state index in [9.17, 15) is 0 Å². The molecule has 0 bridgehead atoms. The highest BCUT2D eigenvalue weighted by Gasteiger charge is 2.08. The van der Waals surface area contributed by atoms with Crippen molar-refractivity contribution in [2.24, 2.45) is 7.05 Å². The van der Waals surface area contributed by atoms with Gasteiger partial charge in [-0.2, -0.15) is 0 Å². The summed E-state index contributed by atoms with van der Waals surface area (Å²) in [5.74, 6) is 1.94. The van der Waals surface area contributed by atoms with E-state index < -0.39 is 0 Å². The molecule has 0 aliphatic carbocycles. The van der Waals surface area contributed by atoms with Gasteiger partial charge in [0.1, 0.15) is 11.6 Å². The van der Waals surface area contributed by atoms with E-state index in [1.807, 2.05) is 83.8 Å². The van der Waals surface area contributed by atoms with Crippen LogP contribution in [0.3, 0.4) is 0 Å². The van der Waals surface area contributed by atoms with Gasteiger partial charge in [0.05, 0.1) is 22.1 Å². The summed E-state index contributed by atoms with van der Waals surface area (Å²) in [6, 6.07) is 36.7. The molecule has 0 aliphatic heterocycles. The minimum Gasteiger partial charge on any atom is -0.338 e. The molecule has 0 radical (unpaired) electrons. The number of halogens is 1. The Balaban J connectivity index is 0.000000147. The van der Waals surface area contributed by atoms with Gasteiger partial charge in [0.25, 0.3) is 0 Å². The van der Waals surface area contributed by atoms with Gasteiger partial charge in [-0.15, -0.1) is 0 Å². The molecule has 0 atom stereocenters. The summed E-state index contributed by atoms with van der Waals surface area (Å²) in [5, 5.41) is 0. The highest BCUT2D eigenvalue weighted by atomic mass is 127. The topological polar surface area (TPSA) is 46.5 Å². The number of hydrogen-bond acceptors (Lipinski definition) is 2. The maximum Gasteiger partial charge on any atom is 0.140 e. The number of nitrogens with zero attached hydrogens (tertiary/aromatic N) is 3. The average molecular weight is 544 g/mol. The summed E-state index contributed by atoms with van der Waals surface area (Å²) in [7, 11) is 2.05. The lowest BCUT2D eigenvalue weighted by atomic mass is 10.2. The number of nitrogens with one attached hydrogen (secondary N) is 1. The molecule has 164 valence electrons. The molecular weight excluding hydrogens is 519 g/mol. The van der Waals surface area contributed by atoms with Crippen LogP contribution in [0.2, 0.25) is 0 Å². The van der Waals surface area contributed by atoms with Gasteiger partial charge >= 0.3 is 0 Å². The van der Waals surface area contributed by atoms with Crippen LogP contribution in [-0.2, 0) is 7.05 Å². The maximum absolute atomic E-state index is 4.65. The summed E-state index contributed by atoms with van der Waals surface area (Å²) >= 11 is 2.15. The maximum atomic E-state index is 4.65. The van der Waals surface area contributed by atoms with Crippen molar-refractivity contribution >= 4 is 44.7 Å². The Bertz CT molecular complexity index is 1400. The molecule has 6 rings (SSSR count). The molecule has 4 aromatic carbocycles. The van der Waals surface area contributed by atoms with Crippen LogP contribution in [0.5, 0.6) is 0 Å². The van der Waals surface area contributed by atoms with Crippen molar-refractivity contribution in [1.82, 2.24) is 19.5 Å². The number of rotatable bonds is 2. The minimum absolute atomic E-state index is 0.928. The zero-order valence-electron chi connectivity index (χ0n) is 18.6. The molecule has 0 aliphatic rings. The Hall–Kier alpha value is -3.45. The predicted octanol–water partition coefficient (Wildman–Crippen LogP) is 7.52. The lowest BCUT2D eigenvalue weighted by molar-refractivity contribution is 0.959. The van der Waals surface area contributed by atoms with Crippen molar-refractivity contribution in [1.29, 1.82) is 0 Å². The fourth-order valence-electron chi connectivity index (χ4n) is 3.68. The lowest BCUT2D eigenvalue weighted by Gasteiger charge is -2.01. The van der Waals surface area contributed by atoms with Gasteiger partial charge in [0.2, 0.25) is 0 Å². The Kier molecular flexibility index (Phi) is 7.52. The summed E-state index contributed by atoms with van der Waals surface area (Å²) in [4.78, 5) is 14.4. The molecule has 5 heteroatoms. The first-order valence-corrected chi connectivity index (χ1v) is 12.8. The summed E-state index contributed by atoms with van der Waals surface area (Å²) in [6.07, 6.45) is 0. The molecule has 0 saturated carbocycles. The van der Waals surface area contributed by atoms with Crippen molar-refractivity contribution < 1.29 is 0 Å². The Morgan fingerprint density at radius 3 is 1.79 bits per heavy atom. The summed E-state index contributed by atoms with van der Waals surface area (Å²) in [5.41, 5.74) is 6.58. The van der Waals surface area contributed by atoms with Gasteiger partial charge < -0.3 is 9.55 Å². The molecule has 2 heterocycles. The van der Waals surface area contributed by atoms with Gasteiger partial charge in [-0.1, -0.05) is 108 Å². The molecule has 0 amide bonds. The number of alkyl halides is 1. The van der Waals surface area contributed by atoms with Crippen LogP contribution in [0, 0.1) is 0 Å². The molecule has 6 aromatic rings. The van der Waals surface area contributed by atoms with E-state index in [1.165, 1.54) is 5.52 Å². The van der Waals surface area contributed by atoms with Gasteiger partial charge in [-0.3, -0.25) is 0 Å². The highest BCUT2D eigenvalue weighted by molar-refractivity contribution is 14.1. The molecule has 0 unspecified atom stereocenters. The third-order valence-electron chi connectivity index (χ3n) is 5.26. The van der Waals surface area contributed by atoms with E-state index in [0.717, 1.165) is 39.3 Å². The van der Waals surface area contributed by atoms with Crippen LogP contribution in [0.1, 0.15) is 0 Å². The molecule has 1 N–H and O–H groups in total. The predicted molar refractivity (Wildman–Crippen MR) is 148 cm³/mol. The van der Waals surface area contributed by atoms with E-state index in [0.29, 0.717) is 0 Å². The van der Waals surface area contributed by atoms with E-state index in [2.05, 4.69) is 79.5 Å². The molecule has 0 spiro atoms. The largest absolute Gasteiger partial charge is 0.338 e. The molecule has 33 heavy (non-hydrogen) atoms. The third kappa shape index (κ3) is 5.14. The van der Waals surface area contributed by atoms with Crippen LogP contribution in [0.15, 0.2) is 109 Å². The van der Waals surface area contributed by atoms with Crippen LogP contribution in [0.25, 0.3) is 44.8 Å². The minimum atomic E-state index is 0.928. The summed E-state index contributed by atoms with van der Waals surface area (Å²) < 4.78 is 2.13. The second-order valence-corrected chi connectivity index (χ2v) is 7.32. The first-order chi connectivity index (χ1) is 16.3. The van der Waals surface area contributed by atoms with Crippen LogP contribution >= 0.6 is 22.6 Å². The monoisotopic (exact) mass is 544 g/mol. The molecule has 4 nitrogen and oxygen atoms in total. The SMILES string of the molecule is CI.Cn1c(-c2ccccc2)nc2ccccc21.c1ccc(-c2nc3ccccc3[nH]2)cc1. The number of benzene rings is 4. The van der Waals surface area contributed by atoms with Gasteiger partial charge in [0, 0.05) is 18.2 Å². The quantitative estimate of drug-likeness (QED) is 0.181. The highest BCUT2D eigenvalue weighted by Crippen LogP contribution is 2.23. The van der Waals surface area contributed by atoms with E-state index in [-0.39, 0.29) is 0 Å². The van der Waals surface area contributed by atoms with Crippen LogP contribution in [0.4, 0.5) is 0 Å². The van der Waals surface area contributed by atoms with Gasteiger partial charge in [-0.05, 0) is 29.2 Å². The number of aryl methyl sites for hydroxylation is 1. The van der Waals surface area contributed by atoms with Crippen molar-refractivity contribution in [2.45, 2.75) is 0 Å². The first kappa shape index (κ1) is 22.7. The normalized spacial score (nSPS) is 10.3. The molecule has 0 saturated heterocycles. The Labute approximate surface area is 207 Å². The van der Waals surface area contributed by atoms with E-state index >= 15 is 0 Å². The van der Waals surface area contributed by atoms with Crippen LogP contribution in [-0.4, -0.2) is 24.4 Å². The molecular formula is C28H25IN4. The first-order valence-electron chi connectivity index (χ1n) is 10.6. The smallest absolute Gasteiger partial charge is 0.140 e. The zero-order chi connectivity index (χ0) is 23.0. The van der Waals surface area contributed by atoms with Crippen molar-refractivity contribution in [3.63, 3.8) is 0 Å². The van der Waals surface area contributed by atoms with E-state index in [4.69, 9.17) is 0 Å². The number of imidazole rings is 2. The fourth-order valence-corrected chi connectivity index (χ4v) is 3.68. The molecule has 2 aromatic heterocycles. The van der Waals surface area contributed by atoms with Crippen LogP contribution < -0.4 is 0 Å². The second kappa shape index (κ2) is 10.9. The van der Waals surface area contributed by atoms with Crippen molar-refractivity contribution in [2.75, 3.05) is 4.93 Å². The average Bonchev–Trinajstić information content (AvgIpc) is 3.48. The van der Waals surface area contributed by atoms with E-state index in [1.54, 1.807) is 0 Å². The van der Waals surface area contributed by atoms with Gasteiger partial charge in [0.15, 0.2) is 0 Å². The second-order valence-electron chi connectivity index (χ2n) is 7.32. The zero-order valence-corrected chi connectivity index (χ0v) is 20.8. The van der Waals surface area contributed by atoms with Gasteiger partial charge in [-0.25, -0.2) is 9.97 Å². The fraction of sp³-hybridized carbons (Fsp3) is 0.0714. The van der Waals surface area contributed by atoms with Crippen molar-refractivity contribution in [3.05, 3.63) is 109 Å². The number of aromatic nitrogens is 4. The standard InChI is InChI=1S/C14H12N2.C13H10N2.CH3I/c1-16-13-10-6-5-9-12(13)15-14(16)11-7-3-2-4-8-11;1-2-6-10(7-3-1)13-14-11-8-4-5-9-12(11)15-13;1-2/h2-10H,1H3;1-9H,(H,14,15);1H3. The Morgan fingerprint density at radius 1 is 0.606 bits per heavy atom. The third-order valence-corrected chi connectivity index (χ3v) is 5.26. The summed E-state index contributed by atoms with van der Waals surface area (Å²) in [6.45, 7) is 0. The molecule has 0 fully saturated rings. The van der Waals surface area contributed by atoms with Crippen molar-refractivity contribution in [3.8, 4) is 22.8 Å². The number of H-pyrrole nitrogens is 1. The number of para-hydroxylation sites is 4. The number of aromatic amines is 1. The number of fused-ring (bicyclic) bond motifs is 2. The number of hydrogen-bond donors (Lipinski definition) is 1.